The largest absolute Gasteiger partial charge is 0.496 e. The number of nitrogens with zero attached hydrogens (tertiary/aromatic N) is 1. The van der Waals surface area contributed by atoms with Crippen molar-refractivity contribution in [3.8, 4) is 17.2 Å². The van der Waals surface area contributed by atoms with Gasteiger partial charge in [-0.05, 0) is 18.6 Å². The Morgan fingerprint density at radius 3 is 2.25 bits per heavy atom. The number of hydrogen-bond donors (Lipinski definition) is 0. The lowest BCUT2D eigenvalue weighted by Crippen LogP contribution is -2.19. The highest BCUT2D eigenvalue weighted by Crippen LogP contribution is 2.44. The Kier molecular flexibility index (Phi) is 5.78. The summed E-state index contributed by atoms with van der Waals surface area (Å²) in [5.74, 6) is 0.518. The quantitative estimate of drug-likeness (QED) is 0.579. The minimum absolute atomic E-state index is 0.279. The number of aryl methyl sites for hydroxylation is 1. The molecule has 6 heteroatoms. The second kappa shape index (κ2) is 8.25. The van der Waals surface area contributed by atoms with Gasteiger partial charge in [-0.3, -0.25) is 4.79 Å². The molecule has 0 aliphatic rings. The monoisotopic (exact) mass is 383 g/mol. The van der Waals surface area contributed by atoms with Crippen molar-refractivity contribution in [2.45, 2.75) is 12.8 Å². The van der Waals surface area contributed by atoms with Gasteiger partial charge in [-0.15, -0.1) is 0 Å². The zero-order chi connectivity index (χ0) is 20.3. The van der Waals surface area contributed by atoms with E-state index in [9.17, 15) is 4.79 Å². The standard InChI is InChI=1S/C22H25NO5/c1-6-28-22(24)20(16-13-23(2)17-10-8-7-9-15(16)17)21-18(26-4)11-14(25-3)12-19(21)27-5/h7-13,20H,6H2,1-5H3. The number of esters is 1. The Hall–Kier alpha value is -3.15. The first-order chi connectivity index (χ1) is 13.5. The Balaban J connectivity index is 2.32. The number of para-hydroxylation sites is 1. The van der Waals surface area contributed by atoms with E-state index < -0.39 is 5.92 Å². The van der Waals surface area contributed by atoms with E-state index in [1.807, 2.05) is 42.1 Å². The molecule has 0 bridgehead atoms. The second-order valence-corrected chi connectivity index (χ2v) is 6.34. The van der Waals surface area contributed by atoms with Gasteiger partial charge in [-0.2, -0.15) is 0 Å². The molecule has 0 radical (unpaired) electrons. The summed E-state index contributed by atoms with van der Waals surface area (Å²) in [6, 6.07) is 11.4. The minimum atomic E-state index is -0.707. The molecule has 1 aromatic heterocycles. The fraction of sp³-hybridized carbons (Fsp3) is 0.318. The number of fused-ring (bicyclic) bond motifs is 1. The molecular weight excluding hydrogens is 358 g/mol. The van der Waals surface area contributed by atoms with Crippen LogP contribution in [0.1, 0.15) is 24.0 Å². The van der Waals surface area contributed by atoms with Gasteiger partial charge in [-0.1, -0.05) is 18.2 Å². The van der Waals surface area contributed by atoms with Crippen LogP contribution in [-0.2, 0) is 16.6 Å². The lowest BCUT2D eigenvalue weighted by Gasteiger charge is -2.22. The van der Waals surface area contributed by atoms with E-state index in [-0.39, 0.29) is 12.6 Å². The van der Waals surface area contributed by atoms with Crippen LogP contribution in [-0.4, -0.2) is 38.5 Å². The van der Waals surface area contributed by atoms with Crippen molar-refractivity contribution in [1.29, 1.82) is 0 Å². The van der Waals surface area contributed by atoms with Gasteiger partial charge in [0.15, 0.2) is 0 Å². The number of ether oxygens (including phenoxy) is 4. The van der Waals surface area contributed by atoms with Gasteiger partial charge in [0.2, 0.25) is 0 Å². The van der Waals surface area contributed by atoms with E-state index in [0.717, 1.165) is 16.5 Å². The van der Waals surface area contributed by atoms with Gasteiger partial charge in [0.25, 0.3) is 0 Å². The van der Waals surface area contributed by atoms with E-state index in [4.69, 9.17) is 18.9 Å². The molecule has 1 atom stereocenters. The highest BCUT2D eigenvalue weighted by molar-refractivity contribution is 5.93. The highest BCUT2D eigenvalue weighted by Gasteiger charge is 2.33. The maximum Gasteiger partial charge on any atom is 0.318 e. The van der Waals surface area contributed by atoms with Crippen molar-refractivity contribution in [2.24, 2.45) is 7.05 Å². The molecule has 1 heterocycles. The molecule has 2 aromatic carbocycles. The predicted octanol–water partition coefficient (Wildman–Crippen LogP) is 3.90. The fourth-order valence-electron chi connectivity index (χ4n) is 3.55. The van der Waals surface area contributed by atoms with Crippen molar-refractivity contribution >= 4 is 16.9 Å². The van der Waals surface area contributed by atoms with Crippen molar-refractivity contribution in [2.75, 3.05) is 27.9 Å². The first-order valence-corrected chi connectivity index (χ1v) is 9.06. The lowest BCUT2D eigenvalue weighted by molar-refractivity contribution is -0.143. The van der Waals surface area contributed by atoms with E-state index in [1.54, 1.807) is 40.4 Å². The fourth-order valence-corrected chi connectivity index (χ4v) is 3.55. The van der Waals surface area contributed by atoms with Crippen LogP contribution in [0.4, 0.5) is 0 Å². The smallest absolute Gasteiger partial charge is 0.318 e. The van der Waals surface area contributed by atoms with Crippen LogP contribution in [0, 0.1) is 0 Å². The molecule has 0 aliphatic carbocycles. The summed E-state index contributed by atoms with van der Waals surface area (Å²) in [5, 5.41) is 0.975. The average Bonchev–Trinajstić information content (AvgIpc) is 3.05. The average molecular weight is 383 g/mol. The Morgan fingerprint density at radius 2 is 1.68 bits per heavy atom. The van der Waals surface area contributed by atoms with Gasteiger partial charge in [0, 0.05) is 36.3 Å². The molecule has 0 amide bonds. The number of carbonyl (C=O) groups excluding carboxylic acids is 1. The van der Waals surface area contributed by atoms with Crippen molar-refractivity contribution in [3.63, 3.8) is 0 Å². The molecular formula is C22H25NO5. The molecule has 0 saturated carbocycles. The number of benzene rings is 2. The summed E-state index contributed by atoms with van der Waals surface area (Å²) in [6.45, 7) is 2.07. The van der Waals surface area contributed by atoms with E-state index >= 15 is 0 Å². The van der Waals surface area contributed by atoms with Crippen molar-refractivity contribution in [1.82, 2.24) is 4.57 Å². The van der Waals surface area contributed by atoms with Gasteiger partial charge < -0.3 is 23.5 Å². The van der Waals surface area contributed by atoms with Crippen LogP contribution in [0.3, 0.4) is 0 Å². The summed E-state index contributed by atoms with van der Waals surface area (Å²) in [4.78, 5) is 13.1. The highest BCUT2D eigenvalue weighted by atomic mass is 16.5. The normalized spacial score (nSPS) is 11.9. The van der Waals surface area contributed by atoms with E-state index in [1.165, 1.54) is 0 Å². The summed E-state index contributed by atoms with van der Waals surface area (Å²) < 4.78 is 24.0. The Labute approximate surface area is 164 Å². The van der Waals surface area contributed by atoms with Crippen molar-refractivity contribution < 1.29 is 23.7 Å². The first-order valence-electron chi connectivity index (χ1n) is 9.06. The molecule has 6 nitrogen and oxygen atoms in total. The molecule has 3 aromatic rings. The maximum atomic E-state index is 13.1. The first kappa shape index (κ1) is 19.6. The summed E-state index contributed by atoms with van der Waals surface area (Å²) >= 11 is 0. The van der Waals surface area contributed by atoms with Crippen LogP contribution in [0.2, 0.25) is 0 Å². The zero-order valence-electron chi connectivity index (χ0n) is 16.8. The third kappa shape index (κ3) is 3.38. The molecule has 0 aliphatic heterocycles. The van der Waals surface area contributed by atoms with Gasteiger partial charge >= 0.3 is 5.97 Å². The minimum Gasteiger partial charge on any atom is -0.496 e. The van der Waals surface area contributed by atoms with Crippen LogP contribution in [0.5, 0.6) is 17.2 Å². The Bertz CT molecular complexity index is 967. The van der Waals surface area contributed by atoms with E-state index in [0.29, 0.717) is 22.8 Å². The maximum absolute atomic E-state index is 13.1. The molecule has 0 spiro atoms. The summed E-state index contributed by atoms with van der Waals surface area (Å²) in [5.41, 5.74) is 2.47. The van der Waals surface area contributed by atoms with Crippen molar-refractivity contribution in [3.05, 3.63) is 53.7 Å². The molecule has 0 N–H and O–H groups in total. The summed E-state index contributed by atoms with van der Waals surface area (Å²) in [7, 11) is 6.64. The molecule has 28 heavy (non-hydrogen) atoms. The lowest BCUT2D eigenvalue weighted by atomic mass is 9.89. The molecule has 148 valence electrons. The number of hydrogen-bond acceptors (Lipinski definition) is 5. The third-order valence-electron chi connectivity index (χ3n) is 4.80. The SMILES string of the molecule is CCOC(=O)C(c1c(OC)cc(OC)cc1OC)c1cn(C)c2ccccc12. The van der Waals surface area contributed by atoms with Crippen LogP contribution in [0.15, 0.2) is 42.6 Å². The number of aromatic nitrogens is 1. The molecule has 3 rings (SSSR count). The molecule has 1 unspecified atom stereocenters. The van der Waals surface area contributed by atoms with Crippen LogP contribution in [0.25, 0.3) is 10.9 Å². The van der Waals surface area contributed by atoms with Gasteiger partial charge in [-0.25, -0.2) is 0 Å². The second-order valence-electron chi connectivity index (χ2n) is 6.34. The predicted molar refractivity (Wildman–Crippen MR) is 107 cm³/mol. The van der Waals surface area contributed by atoms with E-state index in [2.05, 4.69) is 0 Å². The van der Waals surface area contributed by atoms with Gasteiger partial charge in [0.05, 0.1) is 33.5 Å². The zero-order valence-corrected chi connectivity index (χ0v) is 16.8. The van der Waals surface area contributed by atoms with Crippen LogP contribution >= 0.6 is 0 Å². The van der Waals surface area contributed by atoms with Gasteiger partial charge in [0.1, 0.15) is 23.2 Å². The number of rotatable bonds is 7. The number of methoxy groups -OCH3 is 3. The summed E-state index contributed by atoms with van der Waals surface area (Å²) in [6.07, 6.45) is 1.95. The molecule has 0 saturated heterocycles. The molecule has 0 fully saturated rings. The Morgan fingerprint density at radius 1 is 1.04 bits per heavy atom. The third-order valence-corrected chi connectivity index (χ3v) is 4.80. The number of carbonyl (C=O) groups is 1. The van der Waals surface area contributed by atoms with Crippen LogP contribution < -0.4 is 14.2 Å². The topological polar surface area (TPSA) is 58.9 Å².